The van der Waals surface area contributed by atoms with Crippen LogP contribution >= 0.6 is 0 Å². The van der Waals surface area contributed by atoms with Crippen LogP contribution in [0, 0.1) is 6.92 Å². The van der Waals surface area contributed by atoms with Gasteiger partial charge in [0.2, 0.25) is 0 Å². The molecule has 0 aliphatic heterocycles. The van der Waals surface area contributed by atoms with Crippen LogP contribution in [0.3, 0.4) is 0 Å². The van der Waals surface area contributed by atoms with Gasteiger partial charge in [0, 0.05) is 12.7 Å². The predicted octanol–water partition coefficient (Wildman–Crippen LogP) is 1.95. The van der Waals surface area contributed by atoms with Crippen LogP contribution in [0.5, 0.6) is 0 Å². The van der Waals surface area contributed by atoms with E-state index in [4.69, 9.17) is 0 Å². The molecule has 0 aromatic carbocycles. The molecule has 1 aliphatic carbocycles. The van der Waals surface area contributed by atoms with Gasteiger partial charge in [0.25, 0.3) is 0 Å². The zero-order chi connectivity index (χ0) is 10.8. The Kier molecular flexibility index (Phi) is 2.71. The third-order valence-electron chi connectivity index (χ3n) is 2.84. The first-order chi connectivity index (χ1) is 7.16. The Balaban J connectivity index is 2.08. The second-order valence-corrected chi connectivity index (χ2v) is 4.12. The summed E-state index contributed by atoms with van der Waals surface area (Å²) in [5, 5.41) is 4.24. The van der Waals surface area contributed by atoms with E-state index in [0.717, 1.165) is 36.2 Å². The Bertz CT molecular complexity index is 415. The SMILES string of the molecule is Cc1cc(CC(=O)C2=CCCC2)n(C)n1. The second-order valence-electron chi connectivity index (χ2n) is 4.12. The molecule has 1 aromatic heterocycles. The summed E-state index contributed by atoms with van der Waals surface area (Å²) in [6.45, 7) is 1.95. The molecule has 1 aromatic rings. The van der Waals surface area contributed by atoms with Gasteiger partial charge in [-0.1, -0.05) is 6.08 Å². The van der Waals surface area contributed by atoms with E-state index in [9.17, 15) is 4.79 Å². The number of hydrogen-bond acceptors (Lipinski definition) is 2. The molecular formula is C12H16N2O. The third kappa shape index (κ3) is 2.17. The van der Waals surface area contributed by atoms with Crippen LogP contribution in [0.1, 0.15) is 30.7 Å². The van der Waals surface area contributed by atoms with Crippen LogP contribution in [0.15, 0.2) is 17.7 Å². The van der Waals surface area contributed by atoms with Crippen molar-refractivity contribution in [2.45, 2.75) is 32.6 Å². The Morgan fingerprint density at radius 1 is 1.60 bits per heavy atom. The lowest BCUT2D eigenvalue weighted by atomic mass is 10.1. The molecule has 0 bridgehead atoms. The fourth-order valence-electron chi connectivity index (χ4n) is 2.03. The third-order valence-corrected chi connectivity index (χ3v) is 2.84. The lowest BCUT2D eigenvalue weighted by molar-refractivity contribution is -0.115. The van der Waals surface area contributed by atoms with Gasteiger partial charge >= 0.3 is 0 Å². The first-order valence-corrected chi connectivity index (χ1v) is 5.38. The second kappa shape index (κ2) is 4.01. The molecule has 0 saturated heterocycles. The number of rotatable bonds is 3. The number of hydrogen-bond donors (Lipinski definition) is 0. The maximum absolute atomic E-state index is 11.9. The summed E-state index contributed by atoms with van der Waals surface area (Å²) in [7, 11) is 1.89. The summed E-state index contributed by atoms with van der Waals surface area (Å²) >= 11 is 0. The van der Waals surface area contributed by atoms with Gasteiger partial charge in [-0.3, -0.25) is 9.48 Å². The lowest BCUT2D eigenvalue weighted by Gasteiger charge is -2.01. The van der Waals surface area contributed by atoms with Crippen molar-refractivity contribution in [2.24, 2.45) is 7.05 Å². The summed E-state index contributed by atoms with van der Waals surface area (Å²) in [6.07, 6.45) is 5.71. The molecule has 3 nitrogen and oxygen atoms in total. The number of carbonyl (C=O) groups is 1. The van der Waals surface area contributed by atoms with Crippen molar-refractivity contribution in [3.05, 3.63) is 29.1 Å². The zero-order valence-corrected chi connectivity index (χ0v) is 9.29. The molecule has 1 aliphatic rings. The highest BCUT2D eigenvalue weighted by Gasteiger charge is 2.15. The van der Waals surface area contributed by atoms with E-state index < -0.39 is 0 Å². The summed E-state index contributed by atoms with van der Waals surface area (Å²) in [5.41, 5.74) is 2.99. The van der Waals surface area contributed by atoms with Crippen molar-refractivity contribution in [3.63, 3.8) is 0 Å². The number of aromatic nitrogens is 2. The number of allylic oxidation sites excluding steroid dienone is 2. The molecule has 15 heavy (non-hydrogen) atoms. The van der Waals surface area contributed by atoms with E-state index in [1.54, 1.807) is 4.68 Å². The highest BCUT2D eigenvalue weighted by molar-refractivity contribution is 5.96. The first kappa shape index (κ1) is 10.1. The van der Waals surface area contributed by atoms with E-state index >= 15 is 0 Å². The van der Waals surface area contributed by atoms with Crippen LogP contribution in [0.4, 0.5) is 0 Å². The van der Waals surface area contributed by atoms with Gasteiger partial charge in [-0.15, -0.1) is 0 Å². The molecule has 0 radical (unpaired) electrons. The van der Waals surface area contributed by atoms with Crippen LogP contribution < -0.4 is 0 Å². The Morgan fingerprint density at radius 3 is 2.93 bits per heavy atom. The highest BCUT2D eigenvalue weighted by atomic mass is 16.1. The maximum Gasteiger partial charge on any atom is 0.164 e. The van der Waals surface area contributed by atoms with E-state index in [0.29, 0.717) is 6.42 Å². The molecule has 3 heteroatoms. The van der Waals surface area contributed by atoms with E-state index in [1.807, 2.05) is 20.0 Å². The van der Waals surface area contributed by atoms with Gasteiger partial charge in [0.15, 0.2) is 5.78 Å². The van der Waals surface area contributed by atoms with Crippen molar-refractivity contribution in [1.29, 1.82) is 0 Å². The Hall–Kier alpha value is -1.38. The van der Waals surface area contributed by atoms with Crippen molar-refractivity contribution in [3.8, 4) is 0 Å². The number of aryl methyl sites for hydroxylation is 2. The predicted molar refractivity (Wildman–Crippen MR) is 58.6 cm³/mol. The van der Waals surface area contributed by atoms with Gasteiger partial charge in [0.1, 0.15) is 0 Å². The first-order valence-electron chi connectivity index (χ1n) is 5.38. The molecule has 0 atom stereocenters. The standard InChI is InChI=1S/C12H16N2O/c1-9-7-11(14(2)13-9)8-12(15)10-5-3-4-6-10/h5,7H,3-4,6,8H2,1-2H3. The monoisotopic (exact) mass is 204 g/mol. The van der Waals surface area contributed by atoms with Gasteiger partial charge in [-0.05, 0) is 37.8 Å². The summed E-state index contributed by atoms with van der Waals surface area (Å²) < 4.78 is 1.79. The molecule has 80 valence electrons. The Morgan fingerprint density at radius 2 is 2.40 bits per heavy atom. The highest BCUT2D eigenvalue weighted by Crippen LogP contribution is 2.19. The van der Waals surface area contributed by atoms with Crippen LogP contribution in [0.25, 0.3) is 0 Å². The fraction of sp³-hybridized carbons (Fsp3) is 0.500. The molecule has 0 amide bonds. The molecule has 0 N–H and O–H groups in total. The maximum atomic E-state index is 11.9. The molecule has 0 unspecified atom stereocenters. The van der Waals surface area contributed by atoms with E-state index in [-0.39, 0.29) is 5.78 Å². The van der Waals surface area contributed by atoms with Gasteiger partial charge in [-0.2, -0.15) is 5.10 Å². The van der Waals surface area contributed by atoms with Crippen molar-refractivity contribution in [1.82, 2.24) is 9.78 Å². The van der Waals surface area contributed by atoms with Gasteiger partial charge in [-0.25, -0.2) is 0 Å². The van der Waals surface area contributed by atoms with Crippen LogP contribution in [-0.2, 0) is 18.3 Å². The number of ketones is 1. The Labute approximate surface area is 89.8 Å². The van der Waals surface area contributed by atoms with Crippen molar-refractivity contribution >= 4 is 5.78 Å². The average Bonchev–Trinajstić information content (AvgIpc) is 2.76. The molecule has 2 rings (SSSR count). The van der Waals surface area contributed by atoms with Gasteiger partial charge < -0.3 is 0 Å². The van der Waals surface area contributed by atoms with Gasteiger partial charge in [0.05, 0.1) is 12.1 Å². The number of carbonyl (C=O) groups excluding carboxylic acids is 1. The minimum absolute atomic E-state index is 0.260. The summed E-state index contributed by atoms with van der Waals surface area (Å²) in [5.74, 6) is 0.260. The number of Topliss-reactive ketones (excluding diaryl/α,β-unsaturated/α-hetero) is 1. The van der Waals surface area contributed by atoms with Crippen molar-refractivity contribution < 1.29 is 4.79 Å². The largest absolute Gasteiger partial charge is 0.294 e. The molecule has 0 saturated carbocycles. The smallest absolute Gasteiger partial charge is 0.164 e. The van der Waals surface area contributed by atoms with Crippen LogP contribution in [-0.4, -0.2) is 15.6 Å². The zero-order valence-electron chi connectivity index (χ0n) is 9.29. The minimum atomic E-state index is 0.260. The molecule has 1 heterocycles. The topological polar surface area (TPSA) is 34.9 Å². The van der Waals surface area contributed by atoms with E-state index in [2.05, 4.69) is 11.2 Å². The number of nitrogens with zero attached hydrogens (tertiary/aromatic N) is 2. The van der Waals surface area contributed by atoms with Crippen molar-refractivity contribution in [2.75, 3.05) is 0 Å². The summed E-state index contributed by atoms with van der Waals surface area (Å²) in [4.78, 5) is 11.9. The molecule has 0 spiro atoms. The van der Waals surface area contributed by atoms with E-state index in [1.165, 1.54) is 0 Å². The normalized spacial score (nSPS) is 15.5. The lowest BCUT2D eigenvalue weighted by Crippen LogP contribution is -2.08. The quantitative estimate of drug-likeness (QED) is 0.754. The summed E-state index contributed by atoms with van der Waals surface area (Å²) in [6, 6.07) is 1.98. The average molecular weight is 204 g/mol. The molecular weight excluding hydrogens is 188 g/mol. The minimum Gasteiger partial charge on any atom is -0.294 e. The fourth-order valence-corrected chi connectivity index (χ4v) is 2.03. The molecule has 0 fully saturated rings. The van der Waals surface area contributed by atoms with Crippen LogP contribution in [0.2, 0.25) is 0 Å².